The minimum atomic E-state index is -4.59. The van der Waals surface area contributed by atoms with Crippen LogP contribution < -0.4 is 14.2 Å². The number of nitrogens with zero attached hydrogens (tertiary/aromatic N) is 6. The molecule has 11 nitrogen and oxygen atoms in total. The van der Waals surface area contributed by atoms with E-state index in [2.05, 4.69) is 31.9 Å². The van der Waals surface area contributed by atoms with Crippen molar-refractivity contribution in [2.45, 2.75) is 45.2 Å². The zero-order chi connectivity index (χ0) is 42.1. The molecule has 5 heterocycles. The SMILES string of the molecule is CC(=O)C(Oc1ncnc2sc(-c3ccc(F)o3)c(-c3ccc(OCCN4CCN(C)CC4)c(Cl)c3C)c12)C(F)(F)c1ccccc1OCc1ccnn1CC(F)(F)F. The summed E-state index contributed by atoms with van der Waals surface area (Å²) in [6.45, 7) is 5.52. The van der Waals surface area contributed by atoms with E-state index in [-0.39, 0.29) is 26.7 Å². The molecule has 0 bridgehead atoms. The number of Topliss-reactive ketones (excluding diaryl/α,β-unsaturated/α-hetero) is 1. The van der Waals surface area contributed by atoms with Gasteiger partial charge in [0.05, 0.1) is 26.5 Å². The predicted octanol–water partition coefficient (Wildman–Crippen LogP) is 8.81. The van der Waals surface area contributed by atoms with Gasteiger partial charge in [-0.25, -0.2) is 9.97 Å². The van der Waals surface area contributed by atoms with E-state index >= 15 is 8.78 Å². The molecule has 0 aliphatic carbocycles. The molecule has 0 radical (unpaired) electrons. The van der Waals surface area contributed by atoms with E-state index in [9.17, 15) is 22.4 Å². The highest BCUT2D eigenvalue weighted by atomic mass is 35.5. The highest BCUT2D eigenvalue weighted by Crippen LogP contribution is 2.50. The van der Waals surface area contributed by atoms with Crippen molar-refractivity contribution in [1.29, 1.82) is 0 Å². The van der Waals surface area contributed by atoms with Gasteiger partial charge in [-0.05, 0) is 62.4 Å². The first-order chi connectivity index (χ1) is 28.1. The molecule has 1 aliphatic rings. The Morgan fingerprint density at radius 3 is 2.46 bits per heavy atom. The molecule has 7 rings (SSSR count). The van der Waals surface area contributed by atoms with Crippen molar-refractivity contribution in [3.63, 3.8) is 0 Å². The van der Waals surface area contributed by atoms with Crippen LogP contribution in [0.25, 0.3) is 32.0 Å². The number of fused-ring (bicyclic) bond motifs is 1. The maximum atomic E-state index is 16.8. The Balaban J connectivity index is 1.23. The summed E-state index contributed by atoms with van der Waals surface area (Å²) in [5.74, 6) is -5.45. The largest absolute Gasteiger partial charge is 0.491 e. The lowest BCUT2D eigenvalue weighted by atomic mass is 9.97. The summed E-state index contributed by atoms with van der Waals surface area (Å²) in [5, 5.41) is 4.06. The topological polar surface area (TPSA) is 108 Å². The predicted molar refractivity (Wildman–Crippen MR) is 208 cm³/mol. The number of ketones is 1. The van der Waals surface area contributed by atoms with E-state index in [0.29, 0.717) is 45.2 Å². The highest BCUT2D eigenvalue weighted by molar-refractivity contribution is 7.22. The number of likely N-dealkylation sites (N-methyl/N-ethyl adjacent to an activating group) is 1. The van der Waals surface area contributed by atoms with Crippen molar-refractivity contribution in [2.75, 3.05) is 46.4 Å². The standard InChI is InChI=1S/C40H37ClF6N6O5S/c1-23-26(8-9-29(34(23)41)55-19-18-52-16-14-51(3)15-17-52)32-33-37(48-22-49-38(33)59-35(32)30-10-11-31(42)57-30)58-36(24(2)54)40(46,47)27-6-4-5-7-28(27)56-20-25-12-13-50-53(25)21-39(43,44)45/h4-13,22,36H,14-21H2,1-3H3. The number of hydrogen-bond donors (Lipinski definition) is 0. The number of aromatic nitrogens is 4. The molecule has 6 aromatic rings. The molecule has 0 N–H and O–H groups in total. The third-order valence-electron chi connectivity index (χ3n) is 9.82. The summed E-state index contributed by atoms with van der Waals surface area (Å²) in [5.41, 5.74) is 0.538. The lowest BCUT2D eigenvalue weighted by Crippen LogP contribution is -2.45. The average Bonchev–Trinajstić information content (AvgIpc) is 3.93. The quantitative estimate of drug-likeness (QED) is 0.0931. The number of alkyl halides is 5. The Morgan fingerprint density at radius 2 is 1.75 bits per heavy atom. The van der Waals surface area contributed by atoms with E-state index < -0.39 is 60.3 Å². The van der Waals surface area contributed by atoms with Crippen LogP contribution >= 0.6 is 22.9 Å². The molecular formula is C40H37ClF6N6O5S. The van der Waals surface area contributed by atoms with Crippen LogP contribution in [0.1, 0.15) is 23.7 Å². The second-order valence-corrected chi connectivity index (χ2v) is 15.3. The van der Waals surface area contributed by atoms with Gasteiger partial charge in [-0.2, -0.15) is 31.4 Å². The molecule has 1 unspecified atom stereocenters. The van der Waals surface area contributed by atoms with Crippen molar-refractivity contribution in [3.8, 4) is 39.1 Å². The Hall–Kier alpha value is -5.17. The number of halogens is 7. The van der Waals surface area contributed by atoms with Crippen LogP contribution in [0, 0.1) is 12.9 Å². The summed E-state index contributed by atoms with van der Waals surface area (Å²) >= 11 is 7.97. The van der Waals surface area contributed by atoms with E-state index in [1.165, 1.54) is 30.3 Å². The number of carbonyl (C=O) groups excluding carboxylic acids is 1. The molecule has 312 valence electrons. The number of rotatable bonds is 15. The minimum Gasteiger partial charge on any atom is -0.491 e. The first-order valence-electron chi connectivity index (χ1n) is 18.3. The van der Waals surface area contributed by atoms with Crippen molar-refractivity contribution in [3.05, 3.63) is 95.0 Å². The summed E-state index contributed by atoms with van der Waals surface area (Å²) < 4.78 is 111. The van der Waals surface area contributed by atoms with Gasteiger partial charge in [0.25, 0.3) is 6.01 Å². The smallest absolute Gasteiger partial charge is 0.408 e. The van der Waals surface area contributed by atoms with Gasteiger partial charge >= 0.3 is 12.1 Å². The Morgan fingerprint density at radius 1 is 0.983 bits per heavy atom. The van der Waals surface area contributed by atoms with Gasteiger partial charge in [-0.3, -0.25) is 14.4 Å². The first-order valence-corrected chi connectivity index (χ1v) is 19.5. The van der Waals surface area contributed by atoms with Crippen molar-refractivity contribution >= 4 is 38.9 Å². The number of thiophene rings is 1. The lowest BCUT2D eigenvalue weighted by molar-refractivity contribution is -0.148. The van der Waals surface area contributed by atoms with Crippen LogP contribution in [-0.4, -0.2) is 94.0 Å². The summed E-state index contributed by atoms with van der Waals surface area (Å²) in [4.78, 5) is 26.9. The molecule has 0 spiro atoms. The first kappa shape index (κ1) is 42.0. The Bertz CT molecular complexity index is 2450. The van der Waals surface area contributed by atoms with Gasteiger partial charge in [0.2, 0.25) is 12.0 Å². The lowest BCUT2D eigenvalue weighted by Gasteiger charge is -2.32. The summed E-state index contributed by atoms with van der Waals surface area (Å²) in [7, 11) is 2.08. The molecule has 59 heavy (non-hydrogen) atoms. The fourth-order valence-corrected chi connectivity index (χ4v) is 8.07. The third-order valence-corrected chi connectivity index (χ3v) is 11.4. The van der Waals surface area contributed by atoms with E-state index in [1.807, 2.05) is 0 Å². The Labute approximate surface area is 343 Å². The van der Waals surface area contributed by atoms with Crippen LogP contribution in [0.3, 0.4) is 0 Å². The number of carbonyl (C=O) groups is 1. The van der Waals surface area contributed by atoms with Gasteiger partial charge < -0.3 is 23.5 Å². The zero-order valence-electron chi connectivity index (χ0n) is 31.9. The molecule has 1 atom stereocenters. The van der Waals surface area contributed by atoms with Crippen molar-refractivity contribution in [2.24, 2.45) is 0 Å². The molecule has 1 saturated heterocycles. The molecule has 1 aliphatic heterocycles. The van der Waals surface area contributed by atoms with E-state index in [0.717, 1.165) is 69.1 Å². The van der Waals surface area contributed by atoms with Gasteiger partial charge in [0, 0.05) is 50.6 Å². The van der Waals surface area contributed by atoms with E-state index in [1.54, 1.807) is 19.1 Å². The molecular weight excluding hydrogens is 826 g/mol. The second-order valence-electron chi connectivity index (χ2n) is 13.9. The molecule has 4 aromatic heterocycles. The number of furan rings is 1. The fraction of sp³-hybridized carbons (Fsp3) is 0.350. The normalized spacial score (nSPS) is 14.8. The maximum absolute atomic E-state index is 16.8. The number of para-hydroxylation sites is 1. The number of benzene rings is 2. The second kappa shape index (κ2) is 17.2. The fourth-order valence-electron chi connectivity index (χ4n) is 6.74. The summed E-state index contributed by atoms with van der Waals surface area (Å²) in [6, 6.07) is 11.2. The van der Waals surface area contributed by atoms with Gasteiger partial charge in [0.15, 0.2) is 5.78 Å². The number of piperazine rings is 1. The summed E-state index contributed by atoms with van der Waals surface area (Å²) in [6.07, 6.45) is -4.86. The van der Waals surface area contributed by atoms with Crippen molar-refractivity contribution in [1.82, 2.24) is 29.5 Å². The van der Waals surface area contributed by atoms with E-state index in [4.69, 9.17) is 30.2 Å². The zero-order valence-corrected chi connectivity index (χ0v) is 33.4. The van der Waals surface area contributed by atoms with Crippen LogP contribution in [-0.2, 0) is 23.9 Å². The van der Waals surface area contributed by atoms with Gasteiger partial charge in [-0.15, -0.1) is 11.3 Å². The molecule has 2 aromatic carbocycles. The van der Waals surface area contributed by atoms with Gasteiger partial charge in [0.1, 0.15) is 48.2 Å². The van der Waals surface area contributed by atoms with Crippen LogP contribution in [0.4, 0.5) is 26.3 Å². The number of ether oxygens (including phenoxy) is 3. The number of hydrogen-bond acceptors (Lipinski definition) is 11. The van der Waals surface area contributed by atoms with Crippen LogP contribution in [0.2, 0.25) is 5.02 Å². The van der Waals surface area contributed by atoms with Crippen molar-refractivity contribution < 1.29 is 49.8 Å². The minimum absolute atomic E-state index is 0.0268. The molecule has 0 saturated carbocycles. The highest BCUT2D eigenvalue weighted by Gasteiger charge is 2.49. The van der Waals surface area contributed by atoms with Crippen LogP contribution in [0.15, 0.2) is 71.5 Å². The molecule has 0 amide bonds. The van der Waals surface area contributed by atoms with Crippen LogP contribution in [0.5, 0.6) is 17.4 Å². The maximum Gasteiger partial charge on any atom is 0.408 e. The Kier molecular flexibility index (Phi) is 12.2. The average molecular weight is 863 g/mol. The monoisotopic (exact) mass is 862 g/mol. The third kappa shape index (κ3) is 9.20. The molecule has 19 heteroatoms. The van der Waals surface area contributed by atoms with Gasteiger partial charge in [-0.1, -0.05) is 29.8 Å². The molecule has 1 fully saturated rings.